The second kappa shape index (κ2) is 7.24. The molecule has 1 saturated carbocycles. The zero-order valence-electron chi connectivity index (χ0n) is 14.1. The summed E-state index contributed by atoms with van der Waals surface area (Å²) < 4.78 is 0. The molecule has 118 valence electrons. The molecular weight excluding hydrogens is 246 g/mol. The summed E-state index contributed by atoms with van der Waals surface area (Å²) >= 11 is 0. The zero-order chi connectivity index (χ0) is 14.6. The molecule has 1 heterocycles. The smallest absolute Gasteiger partial charge is 0.0250 e. The molecule has 2 unspecified atom stereocenters. The van der Waals surface area contributed by atoms with Gasteiger partial charge in [0.15, 0.2) is 0 Å². The first-order chi connectivity index (χ1) is 9.52. The standard InChI is InChI=1S/C17H35N3/c1-17(2,3)20-13-11-19(12-14-20)16-10-8-6-5-7-9-15(16)18-4/h15-16,18H,5-14H2,1-4H3. The minimum Gasteiger partial charge on any atom is -0.315 e. The van der Waals surface area contributed by atoms with E-state index in [9.17, 15) is 0 Å². The number of likely N-dealkylation sites (N-methyl/N-ethyl adjacent to an activating group) is 1. The van der Waals surface area contributed by atoms with Crippen molar-refractivity contribution in [3.05, 3.63) is 0 Å². The van der Waals surface area contributed by atoms with Crippen molar-refractivity contribution in [3.8, 4) is 0 Å². The lowest BCUT2D eigenvalue weighted by Crippen LogP contribution is -2.59. The molecule has 0 amide bonds. The molecule has 1 N–H and O–H groups in total. The fourth-order valence-corrected chi connectivity index (χ4v) is 3.96. The number of nitrogens with one attached hydrogen (secondary N) is 1. The van der Waals surface area contributed by atoms with E-state index in [0.29, 0.717) is 11.6 Å². The highest BCUT2D eigenvalue weighted by Gasteiger charge is 2.32. The Balaban J connectivity index is 1.92. The molecule has 2 fully saturated rings. The van der Waals surface area contributed by atoms with Crippen LogP contribution >= 0.6 is 0 Å². The molecule has 2 aliphatic rings. The Morgan fingerprint density at radius 2 is 1.45 bits per heavy atom. The molecule has 0 aromatic heterocycles. The van der Waals surface area contributed by atoms with Crippen LogP contribution in [0.4, 0.5) is 0 Å². The number of nitrogens with zero attached hydrogens (tertiary/aromatic N) is 2. The molecule has 0 bridgehead atoms. The van der Waals surface area contributed by atoms with E-state index in [-0.39, 0.29) is 0 Å². The normalized spacial score (nSPS) is 31.8. The monoisotopic (exact) mass is 281 g/mol. The lowest BCUT2D eigenvalue weighted by molar-refractivity contribution is 0.0279. The van der Waals surface area contributed by atoms with Crippen molar-refractivity contribution < 1.29 is 0 Å². The minimum atomic E-state index is 0.329. The maximum Gasteiger partial charge on any atom is 0.0250 e. The first kappa shape index (κ1) is 16.3. The Kier molecular flexibility index (Phi) is 5.88. The average Bonchev–Trinajstić information content (AvgIpc) is 2.38. The molecule has 0 aromatic carbocycles. The largest absolute Gasteiger partial charge is 0.315 e. The Hall–Kier alpha value is -0.120. The fraction of sp³-hybridized carbons (Fsp3) is 1.00. The summed E-state index contributed by atoms with van der Waals surface area (Å²) in [6, 6.07) is 1.47. The van der Waals surface area contributed by atoms with Crippen molar-refractivity contribution in [2.75, 3.05) is 33.2 Å². The average molecular weight is 281 g/mol. The Labute approximate surface area is 126 Å². The molecule has 20 heavy (non-hydrogen) atoms. The van der Waals surface area contributed by atoms with E-state index in [1.807, 2.05) is 0 Å². The summed E-state index contributed by atoms with van der Waals surface area (Å²) in [4.78, 5) is 5.41. The van der Waals surface area contributed by atoms with Gasteiger partial charge in [-0.3, -0.25) is 9.80 Å². The molecule has 0 radical (unpaired) electrons. The molecule has 0 aromatic rings. The van der Waals surface area contributed by atoms with Gasteiger partial charge in [-0.25, -0.2) is 0 Å². The van der Waals surface area contributed by atoms with Crippen LogP contribution in [-0.2, 0) is 0 Å². The summed E-state index contributed by atoms with van der Waals surface area (Å²) in [5, 5.41) is 3.61. The third-order valence-corrected chi connectivity index (χ3v) is 5.33. The highest BCUT2D eigenvalue weighted by atomic mass is 15.3. The van der Waals surface area contributed by atoms with E-state index >= 15 is 0 Å². The predicted molar refractivity (Wildman–Crippen MR) is 87.2 cm³/mol. The van der Waals surface area contributed by atoms with Gasteiger partial charge in [-0.2, -0.15) is 0 Å². The molecule has 1 saturated heterocycles. The SMILES string of the molecule is CNC1CCCCCCC1N1CCN(C(C)(C)C)CC1. The molecule has 0 spiro atoms. The Morgan fingerprint density at radius 1 is 0.850 bits per heavy atom. The maximum atomic E-state index is 3.61. The first-order valence-electron chi connectivity index (χ1n) is 8.69. The van der Waals surface area contributed by atoms with E-state index in [1.54, 1.807) is 0 Å². The lowest BCUT2D eigenvalue weighted by Gasteiger charge is -2.46. The summed E-state index contributed by atoms with van der Waals surface area (Å²) in [6.45, 7) is 12.0. The van der Waals surface area contributed by atoms with Crippen molar-refractivity contribution in [2.45, 2.75) is 76.9 Å². The number of piperazine rings is 1. The molecular formula is C17H35N3. The van der Waals surface area contributed by atoms with Crippen LogP contribution in [0.1, 0.15) is 59.3 Å². The van der Waals surface area contributed by atoms with E-state index in [0.717, 1.165) is 6.04 Å². The molecule has 2 rings (SSSR count). The molecule has 2 atom stereocenters. The number of rotatable bonds is 2. The van der Waals surface area contributed by atoms with E-state index < -0.39 is 0 Å². The molecule has 3 nitrogen and oxygen atoms in total. The van der Waals surface area contributed by atoms with Gasteiger partial charge < -0.3 is 5.32 Å². The van der Waals surface area contributed by atoms with Gasteiger partial charge in [0.2, 0.25) is 0 Å². The highest BCUT2D eigenvalue weighted by Crippen LogP contribution is 2.24. The predicted octanol–water partition coefficient (Wildman–Crippen LogP) is 2.71. The summed E-state index contributed by atoms with van der Waals surface area (Å²) in [5.74, 6) is 0. The quantitative estimate of drug-likeness (QED) is 0.839. The van der Waals surface area contributed by atoms with Crippen LogP contribution in [0.15, 0.2) is 0 Å². The van der Waals surface area contributed by atoms with Gasteiger partial charge in [-0.1, -0.05) is 25.7 Å². The third-order valence-electron chi connectivity index (χ3n) is 5.33. The Morgan fingerprint density at radius 3 is 2.00 bits per heavy atom. The van der Waals surface area contributed by atoms with Crippen molar-refractivity contribution in [1.82, 2.24) is 15.1 Å². The van der Waals surface area contributed by atoms with Crippen LogP contribution < -0.4 is 5.32 Å². The van der Waals surface area contributed by atoms with Gasteiger partial charge >= 0.3 is 0 Å². The molecule has 1 aliphatic carbocycles. The van der Waals surface area contributed by atoms with Gasteiger partial charge in [0.25, 0.3) is 0 Å². The van der Waals surface area contributed by atoms with Crippen molar-refractivity contribution in [1.29, 1.82) is 0 Å². The van der Waals surface area contributed by atoms with Gasteiger partial charge in [0.1, 0.15) is 0 Å². The second-order valence-corrected chi connectivity index (χ2v) is 7.65. The second-order valence-electron chi connectivity index (χ2n) is 7.65. The first-order valence-corrected chi connectivity index (χ1v) is 8.69. The van der Waals surface area contributed by atoms with Gasteiger partial charge in [0.05, 0.1) is 0 Å². The highest BCUT2D eigenvalue weighted by molar-refractivity contribution is 4.90. The summed E-state index contributed by atoms with van der Waals surface area (Å²) in [5.41, 5.74) is 0.329. The van der Waals surface area contributed by atoms with Crippen molar-refractivity contribution >= 4 is 0 Å². The van der Waals surface area contributed by atoms with Gasteiger partial charge in [-0.15, -0.1) is 0 Å². The van der Waals surface area contributed by atoms with Gasteiger partial charge in [-0.05, 0) is 40.7 Å². The number of hydrogen-bond donors (Lipinski definition) is 1. The maximum absolute atomic E-state index is 3.61. The zero-order valence-corrected chi connectivity index (χ0v) is 14.1. The van der Waals surface area contributed by atoms with Crippen molar-refractivity contribution in [2.24, 2.45) is 0 Å². The van der Waals surface area contributed by atoms with Gasteiger partial charge in [0, 0.05) is 43.8 Å². The van der Waals surface area contributed by atoms with Crippen LogP contribution in [0.2, 0.25) is 0 Å². The molecule has 1 aliphatic heterocycles. The van der Waals surface area contributed by atoms with Crippen LogP contribution in [-0.4, -0.2) is 60.6 Å². The molecule has 3 heteroatoms. The van der Waals surface area contributed by atoms with Crippen LogP contribution in [0.5, 0.6) is 0 Å². The van der Waals surface area contributed by atoms with Crippen LogP contribution in [0, 0.1) is 0 Å². The number of hydrogen-bond acceptors (Lipinski definition) is 3. The van der Waals surface area contributed by atoms with E-state index in [2.05, 4.69) is 42.9 Å². The summed E-state index contributed by atoms with van der Waals surface area (Å²) in [6.07, 6.45) is 8.45. The lowest BCUT2D eigenvalue weighted by atomic mass is 9.90. The summed E-state index contributed by atoms with van der Waals surface area (Å²) in [7, 11) is 2.16. The third kappa shape index (κ3) is 4.19. The minimum absolute atomic E-state index is 0.329. The van der Waals surface area contributed by atoms with Crippen LogP contribution in [0.25, 0.3) is 0 Å². The topological polar surface area (TPSA) is 18.5 Å². The van der Waals surface area contributed by atoms with E-state index in [4.69, 9.17) is 0 Å². The van der Waals surface area contributed by atoms with E-state index in [1.165, 1.54) is 64.7 Å². The van der Waals surface area contributed by atoms with Crippen LogP contribution in [0.3, 0.4) is 0 Å². The fourth-order valence-electron chi connectivity index (χ4n) is 3.96. The van der Waals surface area contributed by atoms with Crippen molar-refractivity contribution in [3.63, 3.8) is 0 Å². The Bertz CT molecular complexity index is 276.